The highest BCUT2D eigenvalue weighted by molar-refractivity contribution is 5.69. The highest BCUT2D eigenvalue weighted by atomic mass is 16.6. The molecule has 0 aliphatic heterocycles. The molecule has 7 nitrogen and oxygen atoms in total. The zero-order chi connectivity index (χ0) is 17.8. The Balaban J connectivity index is 2.52. The van der Waals surface area contributed by atoms with Crippen molar-refractivity contribution in [3.05, 3.63) is 0 Å². The van der Waals surface area contributed by atoms with E-state index in [4.69, 9.17) is 9.47 Å². The van der Waals surface area contributed by atoms with Gasteiger partial charge in [0, 0.05) is 12.1 Å². The topological polar surface area (TPSA) is 96.9 Å². The SMILES string of the molecule is CC(C)(C)OC(=O)N[C@@H]1CC(O)C[C@H](NC(=O)OC(C)(C)C)C1. The molecule has 2 amide bonds. The third-order valence-corrected chi connectivity index (χ3v) is 3.12. The van der Waals surface area contributed by atoms with Crippen molar-refractivity contribution in [2.24, 2.45) is 0 Å². The van der Waals surface area contributed by atoms with Gasteiger partial charge >= 0.3 is 12.2 Å². The maximum absolute atomic E-state index is 11.8. The van der Waals surface area contributed by atoms with Gasteiger partial charge in [-0.2, -0.15) is 0 Å². The Labute approximate surface area is 138 Å². The zero-order valence-electron chi connectivity index (χ0n) is 14.9. The van der Waals surface area contributed by atoms with Crippen LogP contribution in [0.4, 0.5) is 9.59 Å². The van der Waals surface area contributed by atoms with Crippen molar-refractivity contribution in [2.45, 2.75) is 90.2 Å². The predicted molar refractivity (Wildman–Crippen MR) is 86.2 cm³/mol. The minimum Gasteiger partial charge on any atom is -0.444 e. The molecule has 0 spiro atoms. The fourth-order valence-electron chi connectivity index (χ4n) is 2.47. The summed E-state index contributed by atoms with van der Waals surface area (Å²) in [6.45, 7) is 10.7. The van der Waals surface area contributed by atoms with Crippen LogP contribution in [-0.4, -0.2) is 46.7 Å². The molecule has 23 heavy (non-hydrogen) atoms. The van der Waals surface area contributed by atoms with Crippen LogP contribution in [0.3, 0.4) is 0 Å². The average molecular weight is 330 g/mol. The van der Waals surface area contributed by atoms with Crippen LogP contribution in [0.1, 0.15) is 60.8 Å². The summed E-state index contributed by atoms with van der Waals surface area (Å²) in [6, 6.07) is -0.512. The number of amides is 2. The van der Waals surface area contributed by atoms with E-state index in [9.17, 15) is 14.7 Å². The summed E-state index contributed by atoms with van der Waals surface area (Å²) in [6.07, 6.45) is -0.239. The van der Waals surface area contributed by atoms with Gasteiger partial charge < -0.3 is 25.2 Å². The molecule has 0 bridgehead atoms. The van der Waals surface area contributed by atoms with Gasteiger partial charge in [0.15, 0.2) is 0 Å². The van der Waals surface area contributed by atoms with E-state index in [1.54, 1.807) is 41.5 Å². The van der Waals surface area contributed by atoms with Gasteiger partial charge in [-0.3, -0.25) is 0 Å². The van der Waals surface area contributed by atoms with E-state index in [1.165, 1.54) is 0 Å². The normalized spacial score (nSPS) is 25.4. The Kier molecular flexibility index (Phi) is 6.27. The molecule has 1 aliphatic rings. The fraction of sp³-hybridized carbons (Fsp3) is 0.875. The Morgan fingerprint density at radius 3 is 1.48 bits per heavy atom. The predicted octanol–water partition coefficient (Wildman–Crippen LogP) is 2.32. The number of carbonyl (C=O) groups is 2. The average Bonchev–Trinajstić information content (AvgIpc) is 2.20. The molecule has 0 radical (unpaired) electrons. The first-order valence-corrected chi connectivity index (χ1v) is 8.01. The smallest absolute Gasteiger partial charge is 0.407 e. The molecule has 0 saturated heterocycles. The van der Waals surface area contributed by atoms with Gasteiger partial charge in [-0.15, -0.1) is 0 Å². The Morgan fingerprint density at radius 2 is 1.17 bits per heavy atom. The second-order valence-electron chi connectivity index (χ2n) is 8.05. The van der Waals surface area contributed by atoms with Crippen LogP contribution >= 0.6 is 0 Å². The van der Waals surface area contributed by atoms with Crippen LogP contribution < -0.4 is 10.6 Å². The first-order chi connectivity index (χ1) is 10.3. The lowest BCUT2D eigenvalue weighted by molar-refractivity contribution is 0.0369. The largest absolute Gasteiger partial charge is 0.444 e. The van der Waals surface area contributed by atoms with Gasteiger partial charge in [-0.05, 0) is 60.8 Å². The molecule has 134 valence electrons. The second kappa shape index (κ2) is 7.38. The van der Waals surface area contributed by atoms with Crippen LogP contribution in [-0.2, 0) is 9.47 Å². The number of hydrogen-bond donors (Lipinski definition) is 3. The van der Waals surface area contributed by atoms with E-state index in [-0.39, 0.29) is 12.1 Å². The molecule has 0 aromatic carbocycles. The van der Waals surface area contributed by atoms with Gasteiger partial charge in [-0.25, -0.2) is 9.59 Å². The number of ether oxygens (including phenoxy) is 2. The number of hydrogen-bond acceptors (Lipinski definition) is 5. The highest BCUT2D eigenvalue weighted by Crippen LogP contribution is 2.20. The Morgan fingerprint density at radius 1 is 0.826 bits per heavy atom. The van der Waals surface area contributed by atoms with Crippen molar-refractivity contribution in [1.29, 1.82) is 0 Å². The third kappa shape index (κ3) is 8.64. The van der Waals surface area contributed by atoms with Crippen molar-refractivity contribution >= 4 is 12.2 Å². The summed E-state index contributed by atoms with van der Waals surface area (Å²) in [5.41, 5.74) is -1.16. The minimum atomic E-state index is -0.594. The van der Waals surface area contributed by atoms with Gasteiger partial charge in [0.1, 0.15) is 11.2 Å². The standard InChI is InChI=1S/C16H30N2O5/c1-15(2,3)22-13(20)17-10-7-11(9-12(19)8-10)18-14(21)23-16(4,5)6/h10-12,19H,7-9H2,1-6H3,(H,17,20)(H,18,21)/t10-,11+,12?. The van der Waals surface area contributed by atoms with Crippen molar-refractivity contribution in [1.82, 2.24) is 10.6 Å². The van der Waals surface area contributed by atoms with Gasteiger partial charge in [0.05, 0.1) is 6.10 Å². The zero-order valence-corrected chi connectivity index (χ0v) is 14.9. The van der Waals surface area contributed by atoms with E-state index in [0.717, 1.165) is 0 Å². The minimum absolute atomic E-state index is 0.256. The number of alkyl carbamates (subject to hydrolysis) is 2. The van der Waals surface area contributed by atoms with E-state index in [2.05, 4.69) is 10.6 Å². The molecule has 3 atom stereocenters. The third-order valence-electron chi connectivity index (χ3n) is 3.12. The first kappa shape index (κ1) is 19.5. The van der Waals surface area contributed by atoms with E-state index < -0.39 is 29.5 Å². The summed E-state index contributed by atoms with van der Waals surface area (Å²) >= 11 is 0. The molecule has 0 heterocycles. The number of nitrogens with one attached hydrogen (secondary N) is 2. The first-order valence-electron chi connectivity index (χ1n) is 8.01. The molecular formula is C16H30N2O5. The maximum Gasteiger partial charge on any atom is 0.407 e. The molecule has 0 aromatic heterocycles. The maximum atomic E-state index is 11.8. The number of carbonyl (C=O) groups excluding carboxylic acids is 2. The molecule has 0 aromatic rings. The van der Waals surface area contributed by atoms with E-state index >= 15 is 0 Å². The number of aliphatic hydroxyl groups excluding tert-OH is 1. The quantitative estimate of drug-likeness (QED) is 0.722. The molecule has 1 fully saturated rings. The van der Waals surface area contributed by atoms with Crippen molar-refractivity contribution < 1.29 is 24.2 Å². The summed E-state index contributed by atoms with van der Waals surface area (Å²) in [5.74, 6) is 0. The van der Waals surface area contributed by atoms with E-state index in [0.29, 0.717) is 19.3 Å². The molecule has 1 rings (SSSR count). The van der Waals surface area contributed by atoms with Crippen LogP contribution in [0, 0.1) is 0 Å². The molecule has 1 unspecified atom stereocenters. The molecule has 3 N–H and O–H groups in total. The molecule has 1 saturated carbocycles. The van der Waals surface area contributed by atoms with Crippen LogP contribution in [0.15, 0.2) is 0 Å². The summed E-state index contributed by atoms with van der Waals surface area (Å²) in [5, 5.41) is 15.4. The van der Waals surface area contributed by atoms with Crippen LogP contribution in [0.5, 0.6) is 0 Å². The monoisotopic (exact) mass is 330 g/mol. The number of aliphatic hydroxyl groups is 1. The van der Waals surface area contributed by atoms with Crippen molar-refractivity contribution in [3.8, 4) is 0 Å². The summed E-state index contributed by atoms with van der Waals surface area (Å²) in [4.78, 5) is 23.6. The Bertz CT molecular complexity index is 387. The van der Waals surface area contributed by atoms with Crippen LogP contribution in [0.2, 0.25) is 0 Å². The highest BCUT2D eigenvalue weighted by Gasteiger charge is 2.31. The lowest BCUT2D eigenvalue weighted by Crippen LogP contribution is -2.51. The summed E-state index contributed by atoms with van der Waals surface area (Å²) < 4.78 is 10.4. The van der Waals surface area contributed by atoms with Crippen LogP contribution in [0.25, 0.3) is 0 Å². The van der Waals surface area contributed by atoms with Gasteiger partial charge in [0.2, 0.25) is 0 Å². The second-order valence-corrected chi connectivity index (χ2v) is 8.05. The lowest BCUT2D eigenvalue weighted by atomic mass is 9.89. The number of rotatable bonds is 2. The van der Waals surface area contributed by atoms with Crippen molar-refractivity contribution in [2.75, 3.05) is 0 Å². The Hall–Kier alpha value is -1.50. The molecule has 1 aliphatic carbocycles. The molecule has 7 heteroatoms. The van der Waals surface area contributed by atoms with Gasteiger partial charge in [-0.1, -0.05) is 0 Å². The lowest BCUT2D eigenvalue weighted by Gasteiger charge is -2.34. The van der Waals surface area contributed by atoms with Gasteiger partial charge in [0.25, 0.3) is 0 Å². The van der Waals surface area contributed by atoms with Crippen molar-refractivity contribution in [3.63, 3.8) is 0 Å². The molecular weight excluding hydrogens is 300 g/mol. The summed E-state index contributed by atoms with van der Waals surface area (Å²) in [7, 11) is 0. The fourth-order valence-corrected chi connectivity index (χ4v) is 2.47. The van der Waals surface area contributed by atoms with E-state index in [1.807, 2.05) is 0 Å².